The molecule has 0 aromatic rings. The number of unbranched alkanes of at least 4 members (excludes halogenated alkanes) is 5. The van der Waals surface area contributed by atoms with E-state index in [1.54, 1.807) is 12.2 Å². The second-order valence-electron chi connectivity index (χ2n) is 5.06. The summed E-state index contributed by atoms with van der Waals surface area (Å²) in [6.07, 6.45) is 12.6. The summed E-state index contributed by atoms with van der Waals surface area (Å²) in [5.41, 5.74) is 0. The van der Waals surface area contributed by atoms with E-state index >= 15 is 0 Å². The van der Waals surface area contributed by atoms with E-state index in [1.165, 1.54) is 38.7 Å². The summed E-state index contributed by atoms with van der Waals surface area (Å²) < 4.78 is 0. The fourth-order valence-corrected chi connectivity index (χ4v) is 1.77. The zero-order chi connectivity index (χ0) is 16.1. The maximum atomic E-state index is 11.5. The van der Waals surface area contributed by atoms with Crippen molar-refractivity contribution in [2.45, 2.75) is 64.5 Å². The average Bonchev–Trinajstić information content (AvgIpc) is 2.42. The molecule has 0 saturated carbocycles. The summed E-state index contributed by atoms with van der Waals surface area (Å²) >= 11 is 0. The number of carbonyl (C=O) groups is 2. The molecule has 0 bridgehead atoms. The minimum atomic E-state index is -1.29. The van der Waals surface area contributed by atoms with E-state index < -0.39 is 24.0 Å². The number of carboxylic acids is 1. The van der Waals surface area contributed by atoms with E-state index in [2.05, 4.69) is 12.2 Å². The van der Waals surface area contributed by atoms with Crippen LogP contribution in [0.3, 0.4) is 0 Å². The van der Waals surface area contributed by atoms with Crippen LogP contribution in [0.2, 0.25) is 0 Å². The third-order valence-corrected chi connectivity index (χ3v) is 3.02. The Morgan fingerprint density at radius 2 is 1.81 bits per heavy atom. The Morgan fingerprint density at radius 1 is 1.14 bits per heavy atom. The van der Waals surface area contributed by atoms with Gasteiger partial charge in [0, 0.05) is 6.08 Å². The zero-order valence-corrected chi connectivity index (χ0v) is 12.9. The number of nitrogens with one attached hydrogen (secondary N) is 1. The normalized spacial score (nSPS) is 14.4. The van der Waals surface area contributed by atoms with E-state index in [0.717, 1.165) is 12.8 Å². The highest BCUT2D eigenvalue weighted by molar-refractivity contribution is 5.91. The van der Waals surface area contributed by atoms with Crippen molar-refractivity contribution in [1.82, 2.24) is 5.32 Å². The van der Waals surface area contributed by atoms with Crippen LogP contribution >= 0.6 is 0 Å². The molecule has 0 fully saturated rings. The van der Waals surface area contributed by atoms with Gasteiger partial charge < -0.3 is 15.5 Å². The van der Waals surface area contributed by atoms with E-state index in [1.807, 2.05) is 6.08 Å². The first kappa shape index (κ1) is 19.4. The van der Waals surface area contributed by atoms with Gasteiger partial charge in [-0.05, 0) is 19.8 Å². The fraction of sp³-hybridized carbons (Fsp3) is 0.625. The molecule has 3 N–H and O–H groups in total. The van der Waals surface area contributed by atoms with Crippen molar-refractivity contribution in [3.05, 3.63) is 24.3 Å². The van der Waals surface area contributed by atoms with Crippen LogP contribution in [0.4, 0.5) is 0 Å². The molecular weight excluding hydrogens is 270 g/mol. The smallest absolute Gasteiger partial charge is 0.328 e. The largest absolute Gasteiger partial charge is 0.480 e. The highest BCUT2D eigenvalue weighted by atomic mass is 16.4. The first-order chi connectivity index (χ1) is 9.99. The molecule has 0 spiro atoms. The molecule has 0 aromatic heterocycles. The van der Waals surface area contributed by atoms with Gasteiger partial charge in [0.05, 0.1) is 6.10 Å². The number of hydrogen-bond donors (Lipinski definition) is 3. The monoisotopic (exact) mass is 297 g/mol. The Labute approximate surface area is 126 Å². The molecule has 2 atom stereocenters. The first-order valence-electron chi connectivity index (χ1n) is 7.53. The lowest BCUT2D eigenvalue weighted by Crippen LogP contribution is -2.47. The van der Waals surface area contributed by atoms with Gasteiger partial charge in [0.15, 0.2) is 6.04 Å². The quantitative estimate of drug-likeness (QED) is 0.310. The number of aliphatic carboxylic acids is 1. The van der Waals surface area contributed by atoms with Crippen LogP contribution < -0.4 is 5.32 Å². The highest BCUT2D eigenvalue weighted by Crippen LogP contribution is 2.05. The molecule has 5 heteroatoms. The van der Waals surface area contributed by atoms with Crippen molar-refractivity contribution < 1.29 is 19.8 Å². The van der Waals surface area contributed by atoms with Crippen LogP contribution in [-0.4, -0.2) is 34.2 Å². The minimum Gasteiger partial charge on any atom is -0.480 e. The summed E-state index contributed by atoms with van der Waals surface area (Å²) in [5.74, 6) is -1.79. The number of aliphatic hydroxyl groups excluding tert-OH is 1. The van der Waals surface area contributed by atoms with Gasteiger partial charge >= 0.3 is 5.97 Å². The van der Waals surface area contributed by atoms with Gasteiger partial charge in [0.25, 0.3) is 0 Å². The molecule has 21 heavy (non-hydrogen) atoms. The molecule has 0 aromatic carbocycles. The predicted octanol–water partition coefficient (Wildman–Crippen LogP) is 2.41. The lowest BCUT2D eigenvalue weighted by Gasteiger charge is -2.15. The van der Waals surface area contributed by atoms with Crippen LogP contribution in [-0.2, 0) is 9.59 Å². The van der Waals surface area contributed by atoms with Crippen LogP contribution in [0.25, 0.3) is 0 Å². The number of amides is 1. The van der Waals surface area contributed by atoms with Gasteiger partial charge in [-0.2, -0.15) is 0 Å². The lowest BCUT2D eigenvalue weighted by atomic mass is 10.1. The second-order valence-corrected chi connectivity index (χ2v) is 5.06. The highest BCUT2D eigenvalue weighted by Gasteiger charge is 2.23. The van der Waals surface area contributed by atoms with E-state index in [4.69, 9.17) is 5.11 Å². The number of hydrogen-bond acceptors (Lipinski definition) is 3. The Bertz CT molecular complexity index is 361. The number of aliphatic hydroxyl groups is 1. The summed E-state index contributed by atoms with van der Waals surface area (Å²) in [4.78, 5) is 22.3. The molecule has 0 aliphatic carbocycles. The Balaban J connectivity index is 3.91. The van der Waals surface area contributed by atoms with Gasteiger partial charge in [-0.3, -0.25) is 4.79 Å². The molecule has 5 nitrogen and oxygen atoms in total. The molecule has 0 aliphatic rings. The Hall–Kier alpha value is -1.62. The SMILES string of the molecule is CCCCCCC/C=C/C=C/C(=O)NC(C(=O)O)C(C)O. The third-order valence-electron chi connectivity index (χ3n) is 3.02. The van der Waals surface area contributed by atoms with Gasteiger partial charge in [-0.15, -0.1) is 0 Å². The van der Waals surface area contributed by atoms with Gasteiger partial charge in [-0.1, -0.05) is 50.8 Å². The Morgan fingerprint density at radius 3 is 2.38 bits per heavy atom. The maximum absolute atomic E-state index is 11.5. The molecule has 2 unspecified atom stereocenters. The van der Waals surface area contributed by atoms with E-state index in [-0.39, 0.29) is 0 Å². The van der Waals surface area contributed by atoms with Crippen molar-refractivity contribution in [3.8, 4) is 0 Å². The van der Waals surface area contributed by atoms with Gasteiger partial charge in [0.2, 0.25) is 5.91 Å². The standard InChI is InChI=1S/C16H27NO4/c1-3-4-5-6-7-8-9-10-11-12-14(19)17-15(13(2)18)16(20)21/h9-13,15,18H,3-8H2,1-2H3,(H,17,19)(H,20,21)/b10-9+,12-11+. The third kappa shape index (κ3) is 10.8. The number of rotatable bonds is 11. The molecular formula is C16H27NO4. The second kappa shape index (κ2) is 12.1. The lowest BCUT2D eigenvalue weighted by molar-refractivity contribution is -0.144. The van der Waals surface area contributed by atoms with Crippen molar-refractivity contribution in [1.29, 1.82) is 0 Å². The molecule has 0 rings (SSSR count). The van der Waals surface area contributed by atoms with Gasteiger partial charge in [-0.25, -0.2) is 4.79 Å². The topological polar surface area (TPSA) is 86.6 Å². The van der Waals surface area contributed by atoms with Crippen molar-refractivity contribution in [3.63, 3.8) is 0 Å². The van der Waals surface area contributed by atoms with Crippen LogP contribution in [0.1, 0.15) is 52.4 Å². The van der Waals surface area contributed by atoms with E-state index in [0.29, 0.717) is 0 Å². The van der Waals surface area contributed by atoms with Crippen molar-refractivity contribution in [2.24, 2.45) is 0 Å². The van der Waals surface area contributed by atoms with Crippen molar-refractivity contribution >= 4 is 11.9 Å². The molecule has 0 heterocycles. The van der Waals surface area contributed by atoms with Crippen LogP contribution in [0.15, 0.2) is 24.3 Å². The van der Waals surface area contributed by atoms with E-state index in [9.17, 15) is 14.7 Å². The number of carboxylic acid groups (broad SMARTS) is 1. The maximum Gasteiger partial charge on any atom is 0.328 e. The Kier molecular flexibility index (Phi) is 11.2. The summed E-state index contributed by atoms with van der Waals surface area (Å²) in [5, 5.41) is 20.3. The van der Waals surface area contributed by atoms with Crippen molar-refractivity contribution in [2.75, 3.05) is 0 Å². The predicted molar refractivity (Wildman–Crippen MR) is 82.9 cm³/mol. The average molecular weight is 297 g/mol. The molecule has 0 aliphatic heterocycles. The molecule has 120 valence electrons. The summed E-state index contributed by atoms with van der Waals surface area (Å²) in [6.45, 7) is 3.50. The van der Waals surface area contributed by atoms with Gasteiger partial charge in [0.1, 0.15) is 0 Å². The first-order valence-corrected chi connectivity index (χ1v) is 7.53. The molecule has 0 saturated heterocycles. The molecule has 1 amide bonds. The molecule has 0 radical (unpaired) electrons. The summed E-state index contributed by atoms with van der Waals surface area (Å²) in [6, 6.07) is -1.29. The van der Waals surface area contributed by atoms with Crippen LogP contribution in [0, 0.1) is 0 Å². The number of allylic oxidation sites excluding steroid dienone is 3. The fourth-order valence-electron chi connectivity index (χ4n) is 1.77. The summed E-state index contributed by atoms with van der Waals surface area (Å²) in [7, 11) is 0. The zero-order valence-electron chi connectivity index (χ0n) is 12.9. The minimum absolute atomic E-state index is 0.532. The number of carbonyl (C=O) groups excluding carboxylic acids is 1. The van der Waals surface area contributed by atoms with Crippen LogP contribution in [0.5, 0.6) is 0 Å².